The Bertz CT molecular complexity index is 430. The highest BCUT2D eigenvalue weighted by Crippen LogP contribution is 2.27. The molecule has 0 atom stereocenters. The number of hydrogen-bond acceptors (Lipinski definition) is 4. The Morgan fingerprint density at radius 2 is 1.43 bits per heavy atom. The fourth-order valence-electron chi connectivity index (χ4n) is 3.29. The number of carbonyl (C=O) groups is 3. The third kappa shape index (κ3) is 6.05. The Labute approximate surface area is 141 Å². The maximum Gasteiger partial charge on any atom is 0.313 e. The zero-order valence-electron chi connectivity index (χ0n) is 13.5. The average Bonchev–Trinajstić information content (AvgIpc) is 2.55. The summed E-state index contributed by atoms with van der Waals surface area (Å²) in [5, 5.41) is 8.58. The molecule has 2 aliphatic rings. The smallest absolute Gasteiger partial charge is 0.313 e. The van der Waals surface area contributed by atoms with Crippen LogP contribution in [0.5, 0.6) is 0 Å². The summed E-state index contributed by atoms with van der Waals surface area (Å²) in [7, 11) is 0. The van der Waals surface area contributed by atoms with Crippen LogP contribution in [0.1, 0.15) is 38.5 Å². The van der Waals surface area contributed by atoms with Crippen molar-refractivity contribution in [2.45, 2.75) is 38.5 Å². The van der Waals surface area contributed by atoms with Gasteiger partial charge in [0.25, 0.3) is 0 Å². The van der Waals surface area contributed by atoms with Crippen LogP contribution in [0.3, 0.4) is 0 Å². The van der Waals surface area contributed by atoms with Crippen molar-refractivity contribution < 1.29 is 19.5 Å². The molecule has 1 aliphatic heterocycles. The first-order chi connectivity index (χ1) is 11.1. The minimum absolute atomic E-state index is 0.0318. The number of hydrogen-bond donors (Lipinski definition) is 1. The van der Waals surface area contributed by atoms with Crippen LogP contribution in [0.2, 0.25) is 0 Å². The quantitative estimate of drug-likeness (QED) is 0.790. The van der Waals surface area contributed by atoms with E-state index in [2.05, 4.69) is 0 Å². The second kappa shape index (κ2) is 9.15. The number of rotatable bonds is 6. The third-order valence-corrected chi connectivity index (χ3v) is 5.53. The summed E-state index contributed by atoms with van der Waals surface area (Å²) in [4.78, 5) is 38.4. The number of aliphatic carboxylic acids is 1. The minimum Gasteiger partial charge on any atom is -0.481 e. The second-order valence-electron chi connectivity index (χ2n) is 6.36. The van der Waals surface area contributed by atoms with Gasteiger partial charge in [0.15, 0.2) is 0 Å². The Hall–Kier alpha value is -1.24. The van der Waals surface area contributed by atoms with Crippen LogP contribution >= 0.6 is 11.8 Å². The lowest BCUT2D eigenvalue weighted by atomic mass is 9.86. The number of carboxylic acid groups (broad SMARTS) is 1. The van der Waals surface area contributed by atoms with Crippen molar-refractivity contribution in [1.82, 2.24) is 9.80 Å². The molecule has 0 radical (unpaired) electrons. The highest BCUT2D eigenvalue weighted by atomic mass is 32.2. The zero-order chi connectivity index (χ0) is 16.7. The van der Waals surface area contributed by atoms with Gasteiger partial charge in [-0.15, -0.1) is 11.8 Å². The van der Waals surface area contributed by atoms with Gasteiger partial charge in [-0.2, -0.15) is 0 Å². The molecule has 1 saturated carbocycles. The maximum atomic E-state index is 12.3. The van der Waals surface area contributed by atoms with Crippen LogP contribution in [-0.2, 0) is 14.4 Å². The molecule has 0 bridgehead atoms. The molecule has 0 spiro atoms. The molecule has 1 aliphatic carbocycles. The van der Waals surface area contributed by atoms with Crippen LogP contribution in [0.15, 0.2) is 0 Å². The zero-order valence-corrected chi connectivity index (χ0v) is 14.4. The Morgan fingerprint density at radius 3 is 2.00 bits per heavy atom. The molecular weight excluding hydrogens is 316 g/mol. The van der Waals surface area contributed by atoms with Gasteiger partial charge in [-0.05, 0) is 18.8 Å². The van der Waals surface area contributed by atoms with Gasteiger partial charge in [-0.1, -0.05) is 19.3 Å². The van der Waals surface area contributed by atoms with E-state index in [1.165, 1.54) is 32.1 Å². The molecule has 0 aromatic heterocycles. The number of amides is 2. The first-order valence-corrected chi connectivity index (χ1v) is 9.57. The number of carbonyl (C=O) groups excluding carboxylic acids is 2. The van der Waals surface area contributed by atoms with Gasteiger partial charge in [0.05, 0.1) is 11.5 Å². The molecule has 2 rings (SSSR count). The van der Waals surface area contributed by atoms with E-state index in [4.69, 9.17) is 5.11 Å². The lowest BCUT2D eigenvalue weighted by Crippen LogP contribution is -2.51. The fraction of sp³-hybridized carbons (Fsp3) is 0.812. The summed E-state index contributed by atoms with van der Waals surface area (Å²) < 4.78 is 0. The topological polar surface area (TPSA) is 77.9 Å². The second-order valence-corrected chi connectivity index (χ2v) is 7.34. The van der Waals surface area contributed by atoms with Gasteiger partial charge in [-0.3, -0.25) is 14.4 Å². The molecule has 23 heavy (non-hydrogen) atoms. The third-order valence-electron chi connectivity index (χ3n) is 4.62. The monoisotopic (exact) mass is 342 g/mol. The van der Waals surface area contributed by atoms with Crippen molar-refractivity contribution in [2.24, 2.45) is 5.92 Å². The lowest BCUT2D eigenvalue weighted by Gasteiger charge is -2.35. The average molecular weight is 342 g/mol. The molecular formula is C16H26N2O4S. The van der Waals surface area contributed by atoms with Crippen molar-refractivity contribution in [3.63, 3.8) is 0 Å². The van der Waals surface area contributed by atoms with Crippen LogP contribution in [0.25, 0.3) is 0 Å². The van der Waals surface area contributed by atoms with Crippen LogP contribution < -0.4 is 0 Å². The van der Waals surface area contributed by atoms with E-state index in [1.54, 1.807) is 4.90 Å². The number of nitrogens with zero attached hydrogens (tertiary/aromatic N) is 2. The first-order valence-electron chi connectivity index (χ1n) is 8.41. The summed E-state index contributed by atoms with van der Waals surface area (Å²) in [6.45, 7) is 2.31. The summed E-state index contributed by atoms with van der Waals surface area (Å²) in [6.07, 6.45) is 6.78. The van der Waals surface area contributed by atoms with Crippen molar-refractivity contribution >= 4 is 29.5 Å². The van der Waals surface area contributed by atoms with Crippen molar-refractivity contribution in [3.05, 3.63) is 0 Å². The van der Waals surface area contributed by atoms with Crippen molar-refractivity contribution in [2.75, 3.05) is 37.7 Å². The van der Waals surface area contributed by atoms with E-state index < -0.39 is 5.97 Å². The van der Waals surface area contributed by atoms with Gasteiger partial charge in [0, 0.05) is 32.6 Å². The largest absolute Gasteiger partial charge is 0.481 e. The summed E-state index contributed by atoms with van der Waals surface area (Å²) in [5.74, 6) is -0.0161. The van der Waals surface area contributed by atoms with E-state index in [0.717, 1.165) is 11.8 Å². The minimum atomic E-state index is -0.902. The molecule has 2 fully saturated rings. The Morgan fingerprint density at radius 1 is 0.870 bits per heavy atom. The molecule has 1 saturated heterocycles. The van der Waals surface area contributed by atoms with E-state index in [0.29, 0.717) is 38.5 Å². The maximum absolute atomic E-state index is 12.3. The molecule has 2 amide bonds. The SMILES string of the molecule is O=C(O)CSCC(=O)N1CCN(C(=O)CC2CCCCC2)CC1. The molecule has 7 heteroatoms. The molecule has 1 heterocycles. The van der Waals surface area contributed by atoms with E-state index in [-0.39, 0.29) is 23.3 Å². The molecule has 0 aromatic rings. The van der Waals surface area contributed by atoms with Crippen LogP contribution in [0, 0.1) is 5.92 Å². The molecule has 1 N–H and O–H groups in total. The Balaban J connectivity index is 1.67. The van der Waals surface area contributed by atoms with Crippen LogP contribution in [-0.4, -0.2) is 70.4 Å². The highest BCUT2D eigenvalue weighted by molar-refractivity contribution is 8.00. The molecule has 0 aromatic carbocycles. The highest BCUT2D eigenvalue weighted by Gasteiger charge is 2.26. The van der Waals surface area contributed by atoms with Gasteiger partial charge in [0.2, 0.25) is 11.8 Å². The van der Waals surface area contributed by atoms with E-state index in [1.807, 2.05) is 4.90 Å². The predicted octanol–water partition coefficient (Wildman–Crippen LogP) is 1.45. The van der Waals surface area contributed by atoms with E-state index in [9.17, 15) is 14.4 Å². The van der Waals surface area contributed by atoms with Crippen molar-refractivity contribution in [3.8, 4) is 0 Å². The molecule has 130 valence electrons. The van der Waals surface area contributed by atoms with Gasteiger partial charge < -0.3 is 14.9 Å². The standard InChI is InChI=1S/C16H26N2O4S/c19-14(10-13-4-2-1-3-5-13)17-6-8-18(9-7-17)15(20)11-23-12-16(21)22/h13H,1-12H2,(H,21,22). The summed E-state index contributed by atoms with van der Waals surface area (Å²) in [5.41, 5.74) is 0. The fourth-order valence-corrected chi connectivity index (χ4v) is 3.92. The molecule has 0 unspecified atom stereocenters. The predicted molar refractivity (Wildman–Crippen MR) is 89.3 cm³/mol. The summed E-state index contributed by atoms with van der Waals surface area (Å²) in [6, 6.07) is 0. The van der Waals surface area contributed by atoms with E-state index >= 15 is 0 Å². The van der Waals surface area contributed by atoms with Crippen LogP contribution in [0.4, 0.5) is 0 Å². The normalized spacial score (nSPS) is 19.7. The molecule has 6 nitrogen and oxygen atoms in total. The van der Waals surface area contributed by atoms with Gasteiger partial charge in [-0.25, -0.2) is 0 Å². The van der Waals surface area contributed by atoms with Crippen molar-refractivity contribution in [1.29, 1.82) is 0 Å². The number of thioether (sulfide) groups is 1. The number of carboxylic acids is 1. The Kier molecular flexibility index (Phi) is 7.20. The summed E-state index contributed by atoms with van der Waals surface area (Å²) >= 11 is 1.12. The lowest BCUT2D eigenvalue weighted by molar-refractivity contribution is -0.139. The number of piperazine rings is 1. The van der Waals surface area contributed by atoms with Gasteiger partial charge >= 0.3 is 5.97 Å². The first kappa shape index (κ1) is 18.1. The van der Waals surface area contributed by atoms with Gasteiger partial charge in [0.1, 0.15) is 0 Å².